The van der Waals surface area contributed by atoms with Crippen molar-refractivity contribution in [2.24, 2.45) is 0 Å². The largest absolute Gasteiger partial charge is 0.449 e. The van der Waals surface area contributed by atoms with Crippen molar-refractivity contribution >= 4 is 11.8 Å². The Labute approximate surface area is 64.2 Å². The van der Waals surface area contributed by atoms with Gasteiger partial charge in [0.05, 0.1) is 0 Å². The molecule has 4 heteroatoms. The smallest absolute Gasteiger partial charge is 0.346 e. The molecule has 0 bridgehead atoms. The number of carbonyl (C=O) groups excluding carboxylic acids is 2. The maximum atomic E-state index is 11.2. The van der Waals surface area contributed by atoms with Gasteiger partial charge in [0.2, 0.25) is 11.4 Å². The van der Waals surface area contributed by atoms with Gasteiger partial charge >= 0.3 is 5.97 Å². The monoisotopic (exact) mass is 158 g/mol. The first-order valence-electron chi connectivity index (χ1n) is 3.29. The minimum atomic E-state index is -1.95. The first-order chi connectivity index (χ1) is 4.78. The number of hydrogen-bond acceptors (Lipinski definition) is 4. The number of cyclic esters (lactones) is 1. The molecule has 1 aliphatic heterocycles. The first kappa shape index (κ1) is 8.20. The summed E-state index contributed by atoms with van der Waals surface area (Å²) in [5, 5.41) is 9.24. The zero-order valence-electron chi connectivity index (χ0n) is 6.67. The molecule has 0 aromatic rings. The predicted octanol–water partition coefficient (Wildman–Crippen LogP) is -0.358. The molecular weight excluding hydrogens is 148 g/mol. The number of hydrogen-bond donors (Lipinski definition) is 1. The maximum Gasteiger partial charge on any atom is 0.346 e. The number of Topliss-reactive ketones (excluding diaryl/α,β-unsaturated/α-hetero) is 1. The van der Waals surface area contributed by atoms with E-state index in [1.807, 2.05) is 0 Å². The minimum Gasteiger partial charge on any atom is -0.449 e. The summed E-state index contributed by atoms with van der Waals surface area (Å²) in [5.74, 6) is -1.46. The summed E-state index contributed by atoms with van der Waals surface area (Å²) in [6.45, 7) is 4.05. The van der Waals surface area contributed by atoms with Crippen LogP contribution in [0.5, 0.6) is 0 Å². The normalized spacial score (nSPS) is 35.6. The Morgan fingerprint density at radius 2 is 1.73 bits per heavy atom. The molecule has 4 nitrogen and oxygen atoms in total. The molecule has 0 spiro atoms. The van der Waals surface area contributed by atoms with Gasteiger partial charge in [-0.1, -0.05) is 0 Å². The number of esters is 1. The van der Waals surface area contributed by atoms with Crippen molar-refractivity contribution in [2.75, 3.05) is 0 Å². The van der Waals surface area contributed by atoms with Crippen LogP contribution in [0, 0.1) is 0 Å². The Morgan fingerprint density at radius 3 is 1.82 bits per heavy atom. The van der Waals surface area contributed by atoms with Crippen LogP contribution in [0.3, 0.4) is 0 Å². The molecule has 0 aromatic heterocycles. The fourth-order valence-corrected chi connectivity index (χ4v) is 1.06. The summed E-state index contributed by atoms with van der Waals surface area (Å²) in [6, 6.07) is 0. The topological polar surface area (TPSA) is 63.6 Å². The molecule has 1 heterocycles. The van der Waals surface area contributed by atoms with E-state index in [2.05, 4.69) is 4.74 Å². The van der Waals surface area contributed by atoms with E-state index in [1.165, 1.54) is 13.8 Å². The first-order valence-corrected chi connectivity index (χ1v) is 3.29. The van der Waals surface area contributed by atoms with Gasteiger partial charge in [0.15, 0.2) is 5.60 Å². The Morgan fingerprint density at radius 1 is 1.27 bits per heavy atom. The van der Waals surface area contributed by atoms with Crippen molar-refractivity contribution in [1.29, 1.82) is 0 Å². The number of rotatable bonds is 0. The quantitative estimate of drug-likeness (QED) is 0.386. The average Bonchev–Trinajstić information content (AvgIpc) is 1.94. The van der Waals surface area contributed by atoms with Gasteiger partial charge in [-0.05, 0) is 20.8 Å². The van der Waals surface area contributed by atoms with Crippen molar-refractivity contribution in [3.8, 4) is 0 Å². The van der Waals surface area contributed by atoms with E-state index in [1.54, 1.807) is 0 Å². The van der Waals surface area contributed by atoms with Crippen LogP contribution in [0.1, 0.15) is 20.8 Å². The third-order valence-corrected chi connectivity index (χ3v) is 1.73. The van der Waals surface area contributed by atoms with Crippen LogP contribution in [0.15, 0.2) is 0 Å². The van der Waals surface area contributed by atoms with E-state index in [4.69, 9.17) is 0 Å². The van der Waals surface area contributed by atoms with Gasteiger partial charge in [0, 0.05) is 0 Å². The molecule has 0 radical (unpaired) electrons. The maximum absolute atomic E-state index is 11.2. The third-order valence-electron chi connectivity index (χ3n) is 1.73. The second-order valence-electron chi connectivity index (χ2n) is 3.30. The van der Waals surface area contributed by atoms with Crippen LogP contribution in [-0.2, 0) is 14.3 Å². The highest BCUT2D eigenvalue weighted by Crippen LogP contribution is 2.29. The van der Waals surface area contributed by atoms with E-state index in [0.29, 0.717) is 0 Å². The zero-order chi connectivity index (χ0) is 8.86. The van der Waals surface area contributed by atoms with Crippen LogP contribution in [-0.4, -0.2) is 28.1 Å². The molecule has 0 saturated carbocycles. The summed E-state index contributed by atoms with van der Waals surface area (Å²) in [6.07, 6.45) is 0. The Bertz CT molecular complexity index is 227. The van der Waals surface area contributed by atoms with Gasteiger partial charge in [-0.15, -0.1) is 0 Å². The van der Waals surface area contributed by atoms with E-state index in [0.717, 1.165) is 6.92 Å². The standard InChI is InChI=1S/C7H10O4/c1-6(2)4(8)7(3,10)5(9)11-6/h10H,1-3H3. The van der Waals surface area contributed by atoms with Gasteiger partial charge in [-0.25, -0.2) is 4.79 Å². The molecule has 11 heavy (non-hydrogen) atoms. The molecule has 1 rings (SSSR count). The van der Waals surface area contributed by atoms with Gasteiger partial charge in [0.1, 0.15) is 0 Å². The lowest BCUT2D eigenvalue weighted by Crippen LogP contribution is -2.41. The highest BCUT2D eigenvalue weighted by Gasteiger charge is 2.57. The minimum absolute atomic E-state index is 0.588. The van der Waals surface area contributed by atoms with Gasteiger partial charge in [-0.3, -0.25) is 4.79 Å². The Kier molecular flexibility index (Phi) is 1.36. The second kappa shape index (κ2) is 1.82. The number of ketones is 1. The van der Waals surface area contributed by atoms with E-state index >= 15 is 0 Å². The molecular formula is C7H10O4. The second-order valence-corrected chi connectivity index (χ2v) is 3.30. The molecule has 0 amide bonds. The third kappa shape index (κ3) is 0.939. The van der Waals surface area contributed by atoms with Crippen molar-refractivity contribution in [2.45, 2.75) is 32.0 Å². The van der Waals surface area contributed by atoms with E-state index in [-0.39, 0.29) is 0 Å². The lowest BCUT2D eigenvalue weighted by Gasteiger charge is -2.13. The molecule has 0 aromatic carbocycles. The summed E-state index contributed by atoms with van der Waals surface area (Å²) in [5.41, 5.74) is -3.13. The van der Waals surface area contributed by atoms with Crippen molar-refractivity contribution in [3.05, 3.63) is 0 Å². The van der Waals surface area contributed by atoms with Crippen LogP contribution in [0.4, 0.5) is 0 Å². The van der Waals surface area contributed by atoms with Gasteiger partial charge in [-0.2, -0.15) is 0 Å². The fourth-order valence-electron chi connectivity index (χ4n) is 1.06. The van der Waals surface area contributed by atoms with Gasteiger partial charge < -0.3 is 9.84 Å². The number of carbonyl (C=O) groups is 2. The summed E-state index contributed by atoms with van der Waals surface area (Å²) in [4.78, 5) is 22.0. The molecule has 1 fully saturated rings. The molecule has 1 unspecified atom stereocenters. The van der Waals surface area contributed by atoms with Crippen LogP contribution in [0.2, 0.25) is 0 Å². The Balaban J connectivity index is 3.09. The molecule has 0 aliphatic carbocycles. The highest BCUT2D eigenvalue weighted by molar-refractivity contribution is 6.15. The lowest BCUT2D eigenvalue weighted by molar-refractivity contribution is -0.156. The summed E-state index contributed by atoms with van der Waals surface area (Å²) in [7, 11) is 0. The summed E-state index contributed by atoms with van der Waals surface area (Å²) < 4.78 is 4.64. The molecule has 1 saturated heterocycles. The van der Waals surface area contributed by atoms with Crippen molar-refractivity contribution < 1.29 is 19.4 Å². The zero-order valence-corrected chi connectivity index (χ0v) is 6.67. The van der Waals surface area contributed by atoms with Crippen molar-refractivity contribution in [3.63, 3.8) is 0 Å². The Hall–Kier alpha value is -0.900. The average molecular weight is 158 g/mol. The lowest BCUT2D eigenvalue weighted by atomic mass is 9.93. The van der Waals surface area contributed by atoms with Gasteiger partial charge in [0.25, 0.3) is 0 Å². The van der Waals surface area contributed by atoms with E-state index in [9.17, 15) is 14.7 Å². The molecule has 1 aliphatic rings. The highest BCUT2D eigenvalue weighted by atomic mass is 16.6. The van der Waals surface area contributed by atoms with E-state index < -0.39 is 23.0 Å². The van der Waals surface area contributed by atoms with Crippen molar-refractivity contribution in [1.82, 2.24) is 0 Å². The number of aliphatic hydroxyl groups is 1. The van der Waals surface area contributed by atoms with Crippen LogP contribution >= 0.6 is 0 Å². The molecule has 1 N–H and O–H groups in total. The fraction of sp³-hybridized carbons (Fsp3) is 0.714. The molecule has 1 atom stereocenters. The summed E-state index contributed by atoms with van der Waals surface area (Å²) >= 11 is 0. The number of ether oxygens (including phenoxy) is 1. The van der Waals surface area contributed by atoms with Crippen LogP contribution < -0.4 is 0 Å². The predicted molar refractivity (Wildman–Crippen MR) is 35.8 cm³/mol. The molecule has 62 valence electrons. The van der Waals surface area contributed by atoms with Crippen LogP contribution in [0.25, 0.3) is 0 Å². The SMILES string of the molecule is CC1(C)OC(=O)C(C)(O)C1=O.